The average molecular weight is 230 g/mol. The molecule has 0 radical (unpaired) electrons. The molecule has 1 rings (SSSR count). The van der Waals surface area contributed by atoms with Gasteiger partial charge < -0.3 is 15.2 Å². The molecule has 0 atom stereocenters. The molecule has 2 N–H and O–H groups in total. The molecule has 0 bridgehead atoms. The van der Waals surface area contributed by atoms with Crippen molar-refractivity contribution < 1.29 is 9.47 Å². The molecule has 0 aromatic heterocycles. The van der Waals surface area contributed by atoms with Crippen LogP contribution in [0.5, 0.6) is 11.5 Å². The van der Waals surface area contributed by atoms with Gasteiger partial charge in [-0.2, -0.15) is 0 Å². The normalized spacial score (nSPS) is 10.1. The zero-order valence-electron chi connectivity index (χ0n) is 9.05. The lowest BCUT2D eigenvalue weighted by molar-refractivity contribution is 0.291. The second kappa shape index (κ2) is 5.83. The lowest BCUT2D eigenvalue weighted by Crippen LogP contribution is -2.06. The van der Waals surface area contributed by atoms with Crippen LogP contribution in [0.4, 0.5) is 0 Å². The van der Waals surface area contributed by atoms with E-state index in [1.54, 1.807) is 13.2 Å². The molecule has 84 valence electrons. The summed E-state index contributed by atoms with van der Waals surface area (Å²) < 4.78 is 10.7. The Balaban J connectivity index is 2.80. The highest BCUT2D eigenvalue weighted by molar-refractivity contribution is 6.31. The van der Waals surface area contributed by atoms with Crippen LogP contribution in [0.3, 0.4) is 0 Å². The summed E-state index contributed by atoms with van der Waals surface area (Å²) in [6.07, 6.45) is 0.824. The van der Waals surface area contributed by atoms with E-state index in [4.69, 9.17) is 26.8 Å². The van der Waals surface area contributed by atoms with Crippen LogP contribution in [0.25, 0.3) is 0 Å². The van der Waals surface area contributed by atoms with Crippen molar-refractivity contribution in [2.75, 3.05) is 20.3 Å². The maximum atomic E-state index is 5.97. The first kappa shape index (κ1) is 12.1. The van der Waals surface area contributed by atoms with Gasteiger partial charge in [-0.1, -0.05) is 11.6 Å². The Labute approximate surface area is 95.1 Å². The molecular weight excluding hydrogens is 214 g/mol. The second-order valence-corrected chi connectivity index (χ2v) is 3.65. The predicted octanol–water partition coefficient (Wildman–Crippen LogP) is 2.38. The first-order valence-corrected chi connectivity index (χ1v) is 5.24. The minimum Gasteiger partial charge on any atom is -0.493 e. The lowest BCUT2D eigenvalue weighted by Gasteiger charge is -2.11. The monoisotopic (exact) mass is 229 g/mol. The van der Waals surface area contributed by atoms with Gasteiger partial charge in [0.15, 0.2) is 11.5 Å². The molecule has 0 amide bonds. The molecule has 0 unspecified atom stereocenters. The molecule has 3 nitrogen and oxygen atoms in total. The van der Waals surface area contributed by atoms with E-state index in [-0.39, 0.29) is 0 Å². The smallest absolute Gasteiger partial charge is 0.162 e. The molecule has 0 saturated heterocycles. The number of hydrogen-bond acceptors (Lipinski definition) is 3. The van der Waals surface area contributed by atoms with Crippen molar-refractivity contribution in [3.8, 4) is 11.5 Å². The molecule has 0 heterocycles. The topological polar surface area (TPSA) is 44.5 Å². The van der Waals surface area contributed by atoms with Crippen molar-refractivity contribution in [1.82, 2.24) is 0 Å². The van der Waals surface area contributed by atoms with Crippen LogP contribution in [0.1, 0.15) is 12.0 Å². The molecule has 0 aliphatic heterocycles. The van der Waals surface area contributed by atoms with Crippen molar-refractivity contribution in [1.29, 1.82) is 0 Å². The van der Waals surface area contributed by atoms with Gasteiger partial charge in [0, 0.05) is 11.1 Å². The van der Waals surface area contributed by atoms with E-state index in [0.29, 0.717) is 29.7 Å². The molecule has 0 saturated carbocycles. The highest BCUT2D eigenvalue weighted by atomic mass is 35.5. The van der Waals surface area contributed by atoms with Crippen LogP contribution in [0.15, 0.2) is 12.1 Å². The van der Waals surface area contributed by atoms with E-state index < -0.39 is 0 Å². The number of halogens is 1. The fourth-order valence-electron chi connectivity index (χ4n) is 1.17. The Morgan fingerprint density at radius 2 is 2.07 bits per heavy atom. The zero-order valence-corrected chi connectivity index (χ0v) is 9.80. The predicted molar refractivity (Wildman–Crippen MR) is 61.9 cm³/mol. The average Bonchev–Trinajstić information content (AvgIpc) is 2.23. The summed E-state index contributed by atoms with van der Waals surface area (Å²) in [7, 11) is 1.59. The molecule has 15 heavy (non-hydrogen) atoms. The lowest BCUT2D eigenvalue weighted by atomic mass is 10.2. The van der Waals surface area contributed by atoms with Crippen LogP contribution in [-0.4, -0.2) is 20.3 Å². The Morgan fingerprint density at radius 3 is 2.67 bits per heavy atom. The van der Waals surface area contributed by atoms with E-state index in [2.05, 4.69) is 0 Å². The summed E-state index contributed by atoms with van der Waals surface area (Å²) in [4.78, 5) is 0. The minimum atomic E-state index is 0.591. The van der Waals surface area contributed by atoms with Gasteiger partial charge >= 0.3 is 0 Å². The first-order valence-electron chi connectivity index (χ1n) is 4.86. The van der Waals surface area contributed by atoms with Gasteiger partial charge in [0.2, 0.25) is 0 Å². The quantitative estimate of drug-likeness (QED) is 0.789. The van der Waals surface area contributed by atoms with Gasteiger partial charge in [-0.25, -0.2) is 0 Å². The van der Waals surface area contributed by atoms with E-state index in [1.165, 1.54) is 0 Å². The summed E-state index contributed by atoms with van der Waals surface area (Å²) >= 11 is 5.97. The van der Waals surface area contributed by atoms with Crippen LogP contribution in [-0.2, 0) is 0 Å². The fraction of sp³-hybridized carbons (Fsp3) is 0.455. The van der Waals surface area contributed by atoms with Crippen LogP contribution >= 0.6 is 11.6 Å². The third kappa shape index (κ3) is 3.29. The van der Waals surface area contributed by atoms with Gasteiger partial charge in [0.1, 0.15) is 0 Å². The molecule has 0 fully saturated rings. The Kier molecular flexibility index (Phi) is 4.72. The highest BCUT2D eigenvalue weighted by Crippen LogP contribution is 2.32. The largest absolute Gasteiger partial charge is 0.493 e. The molecule has 4 heteroatoms. The first-order chi connectivity index (χ1) is 7.19. The zero-order chi connectivity index (χ0) is 11.3. The summed E-state index contributed by atoms with van der Waals surface area (Å²) in [5.41, 5.74) is 6.36. The maximum absolute atomic E-state index is 5.97. The number of benzene rings is 1. The van der Waals surface area contributed by atoms with Crippen LogP contribution < -0.4 is 15.2 Å². The Bertz CT molecular complexity index is 329. The van der Waals surface area contributed by atoms with Crippen LogP contribution in [0.2, 0.25) is 5.02 Å². The van der Waals surface area contributed by atoms with E-state index in [9.17, 15) is 0 Å². The van der Waals surface area contributed by atoms with E-state index in [1.807, 2.05) is 13.0 Å². The maximum Gasteiger partial charge on any atom is 0.162 e. The summed E-state index contributed by atoms with van der Waals surface area (Å²) in [5.74, 6) is 1.37. The van der Waals surface area contributed by atoms with E-state index >= 15 is 0 Å². The Hall–Kier alpha value is -0.930. The number of nitrogens with two attached hydrogens (primary N) is 1. The van der Waals surface area contributed by atoms with Gasteiger partial charge in [0.05, 0.1) is 13.7 Å². The molecule has 1 aromatic rings. The standard InChI is InChI=1S/C11H16ClNO2/c1-8-6-11(15-5-3-4-13)10(14-2)7-9(8)12/h6-7H,3-5,13H2,1-2H3. The number of hydrogen-bond donors (Lipinski definition) is 1. The third-order valence-electron chi connectivity index (χ3n) is 2.05. The highest BCUT2D eigenvalue weighted by Gasteiger charge is 2.07. The van der Waals surface area contributed by atoms with Crippen molar-refractivity contribution in [3.63, 3.8) is 0 Å². The van der Waals surface area contributed by atoms with Gasteiger partial charge in [-0.15, -0.1) is 0 Å². The van der Waals surface area contributed by atoms with Crippen molar-refractivity contribution in [3.05, 3.63) is 22.7 Å². The van der Waals surface area contributed by atoms with Crippen molar-refractivity contribution in [2.45, 2.75) is 13.3 Å². The Morgan fingerprint density at radius 1 is 1.33 bits per heavy atom. The number of ether oxygens (including phenoxy) is 2. The molecular formula is C11H16ClNO2. The molecule has 1 aromatic carbocycles. The minimum absolute atomic E-state index is 0.591. The molecule has 0 spiro atoms. The summed E-state index contributed by atoms with van der Waals surface area (Å²) in [6.45, 7) is 3.14. The third-order valence-corrected chi connectivity index (χ3v) is 2.46. The van der Waals surface area contributed by atoms with Crippen molar-refractivity contribution >= 4 is 11.6 Å². The number of methoxy groups -OCH3 is 1. The fourth-order valence-corrected chi connectivity index (χ4v) is 1.33. The van der Waals surface area contributed by atoms with Crippen molar-refractivity contribution in [2.24, 2.45) is 5.73 Å². The molecule has 0 aliphatic rings. The summed E-state index contributed by atoms with van der Waals surface area (Å²) in [5, 5.41) is 0.679. The van der Waals surface area contributed by atoms with Gasteiger partial charge in [-0.05, 0) is 31.5 Å². The van der Waals surface area contributed by atoms with Gasteiger partial charge in [0.25, 0.3) is 0 Å². The summed E-state index contributed by atoms with van der Waals surface area (Å²) in [6, 6.07) is 3.63. The number of aryl methyl sites for hydroxylation is 1. The molecule has 0 aliphatic carbocycles. The number of rotatable bonds is 5. The van der Waals surface area contributed by atoms with Gasteiger partial charge in [-0.3, -0.25) is 0 Å². The van der Waals surface area contributed by atoms with Crippen LogP contribution in [0, 0.1) is 6.92 Å². The SMILES string of the molecule is COc1cc(Cl)c(C)cc1OCCCN. The van der Waals surface area contributed by atoms with E-state index in [0.717, 1.165) is 12.0 Å². The second-order valence-electron chi connectivity index (χ2n) is 3.24.